The van der Waals surface area contributed by atoms with Crippen LogP contribution in [0.25, 0.3) is 0 Å². The molecule has 226 valence electrons. The molecule has 5 rings (SSSR count). The van der Waals surface area contributed by atoms with Crippen LogP contribution >= 0.6 is 11.6 Å². The molecule has 10 nitrogen and oxygen atoms in total. The zero-order valence-corrected chi connectivity index (χ0v) is 25.1. The van der Waals surface area contributed by atoms with E-state index in [0.717, 1.165) is 0 Å². The van der Waals surface area contributed by atoms with Crippen LogP contribution in [0.3, 0.4) is 0 Å². The molecule has 0 spiro atoms. The van der Waals surface area contributed by atoms with Gasteiger partial charge in [0.15, 0.2) is 11.5 Å². The second kappa shape index (κ2) is 12.0. The third kappa shape index (κ3) is 6.15. The number of carboxylic acids is 1. The summed E-state index contributed by atoms with van der Waals surface area (Å²) in [6.45, 7) is 7.81. The van der Waals surface area contributed by atoms with E-state index in [1.165, 1.54) is 0 Å². The smallest absolute Gasteiger partial charge is 0.306 e. The fourth-order valence-corrected chi connectivity index (χ4v) is 5.93. The number of hydrogen-bond acceptors (Lipinski definition) is 7. The molecule has 2 aromatic carbocycles. The summed E-state index contributed by atoms with van der Waals surface area (Å²) in [6, 6.07) is 8.92. The number of benzene rings is 2. The highest BCUT2D eigenvalue weighted by atomic mass is 35.5. The van der Waals surface area contributed by atoms with Crippen molar-refractivity contribution in [3.63, 3.8) is 0 Å². The fourth-order valence-electron chi connectivity index (χ4n) is 5.75. The molecule has 2 atom stereocenters. The van der Waals surface area contributed by atoms with Crippen molar-refractivity contribution in [1.29, 1.82) is 0 Å². The lowest BCUT2D eigenvalue weighted by atomic mass is 9.94. The number of carboxylic acid groups (broad SMARTS) is 1. The predicted molar refractivity (Wildman–Crippen MR) is 156 cm³/mol. The first-order valence-electron chi connectivity index (χ1n) is 14.2. The SMILES string of the molecule is COc1ccc([C@@H]2O[C@@H](CC(=O)N3CCC(C(=O)O)CC3)C(=O)N(CC(C)(C)C)c3ccc(Cl)cc32)c2c1OCCO2. The van der Waals surface area contributed by atoms with Crippen LogP contribution in [-0.4, -0.2) is 73.9 Å². The summed E-state index contributed by atoms with van der Waals surface area (Å²) >= 11 is 6.51. The first-order valence-corrected chi connectivity index (χ1v) is 14.6. The average Bonchev–Trinajstić information content (AvgIpc) is 3.06. The van der Waals surface area contributed by atoms with E-state index in [9.17, 15) is 19.5 Å². The maximum absolute atomic E-state index is 14.2. The van der Waals surface area contributed by atoms with Crippen molar-refractivity contribution in [3.05, 3.63) is 46.5 Å². The van der Waals surface area contributed by atoms with Gasteiger partial charge in [-0.2, -0.15) is 0 Å². The van der Waals surface area contributed by atoms with Crippen LogP contribution in [0.15, 0.2) is 30.3 Å². The molecule has 2 amide bonds. The lowest BCUT2D eigenvalue weighted by Crippen LogP contribution is -2.47. The number of aliphatic carboxylic acids is 1. The number of rotatable bonds is 6. The van der Waals surface area contributed by atoms with Crippen molar-refractivity contribution in [2.24, 2.45) is 11.3 Å². The molecule has 0 saturated carbocycles. The van der Waals surface area contributed by atoms with Gasteiger partial charge in [-0.25, -0.2) is 0 Å². The van der Waals surface area contributed by atoms with E-state index in [0.29, 0.717) is 84.8 Å². The summed E-state index contributed by atoms with van der Waals surface area (Å²) in [4.78, 5) is 42.5. The summed E-state index contributed by atoms with van der Waals surface area (Å²) < 4.78 is 24.1. The quantitative estimate of drug-likeness (QED) is 0.507. The summed E-state index contributed by atoms with van der Waals surface area (Å²) in [6.07, 6.45) is -1.37. The standard InChI is InChI=1S/C31H37ClN2O8/c1-31(2,3)17-34-22-7-5-19(32)15-21(22)26(20-6-8-23(39-4)28-27(20)40-13-14-41-28)42-24(29(34)36)16-25(35)33-11-9-18(10-12-33)30(37)38/h5-8,15,18,24,26H,9-14,16-17H2,1-4H3,(H,37,38)/t24-,26-/m0/s1. The molecule has 3 aliphatic rings. The number of fused-ring (bicyclic) bond motifs is 2. The molecule has 0 unspecified atom stereocenters. The molecule has 0 radical (unpaired) electrons. The highest BCUT2D eigenvalue weighted by Gasteiger charge is 2.41. The zero-order valence-electron chi connectivity index (χ0n) is 24.4. The topological polar surface area (TPSA) is 115 Å². The largest absolute Gasteiger partial charge is 0.493 e. The number of anilines is 1. The number of amides is 2. The van der Waals surface area contributed by atoms with E-state index >= 15 is 0 Å². The van der Waals surface area contributed by atoms with E-state index in [4.69, 9.17) is 30.5 Å². The fraction of sp³-hybridized carbons (Fsp3) is 0.516. The molecule has 11 heteroatoms. The third-order valence-electron chi connectivity index (χ3n) is 7.78. The van der Waals surface area contributed by atoms with Crippen molar-refractivity contribution in [3.8, 4) is 17.2 Å². The van der Waals surface area contributed by atoms with Crippen LogP contribution in [0, 0.1) is 11.3 Å². The minimum atomic E-state index is -1.12. The number of carbonyl (C=O) groups is 3. The molecule has 42 heavy (non-hydrogen) atoms. The maximum atomic E-state index is 14.2. The van der Waals surface area contributed by atoms with Gasteiger partial charge in [0.25, 0.3) is 5.91 Å². The Hall–Kier alpha value is -3.50. The molecular weight excluding hydrogens is 564 g/mol. The lowest BCUT2D eigenvalue weighted by molar-refractivity contribution is -0.148. The van der Waals surface area contributed by atoms with E-state index < -0.39 is 24.1 Å². The minimum absolute atomic E-state index is 0.189. The Morgan fingerprint density at radius 2 is 1.74 bits per heavy atom. The molecule has 1 N–H and O–H groups in total. The van der Waals surface area contributed by atoms with Crippen LogP contribution in [0.1, 0.15) is 57.3 Å². The van der Waals surface area contributed by atoms with Gasteiger partial charge in [-0.15, -0.1) is 0 Å². The summed E-state index contributed by atoms with van der Waals surface area (Å²) in [7, 11) is 1.55. The van der Waals surface area contributed by atoms with E-state index in [1.54, 1.807) is 35.1 Å². The number of likely N-dealkylation sites (tertiary alicyclic amines) is 1. The molecule has 0 aliphatic carbocycles. The van der Waals surface area contributed by atoms with Gasteiger partial charge >= 0.3 is 5.97 Å². The Kier molecular flexibility index (Phi) is 8.57. The number of piperidine rings is 1. The van der Waals surface area contributed by atoms with Crippen LogP contribution in [0.5, 0.6) is 17.2 Å². The van der Waals surface area contributed by atoms with E-state index in [2.05, 4.69) is 0 Å². The van der Waals surface area contributed by atoms with Gasteiger partial charge in [0.05, 0.1) is 19.4 Å². The molecule has 1 saturated heterocycles. The molecule has 3 aliphatic heterocycles. The molecule has 3 heterocycles. The Morgan fingerprint density at radius 3 is 2.38 bits per heavy atom. The van der Waals surface area contributed by atoms with Gasteiger partial charge in [0.1, 0.15) is 25.4 Å². The minimum Gasteiger partial charge on any atom is -0.493 e. The van der Waals surface area contributed by atoms with Crippen molar-refractivity contribution in [2.45, 2.75) is 52.2 Å². The van der Waals surface area contributed by atoms with E-state index in [-0.39, 0.29) is 23.7 Å². The number of carbonyl (C=O) groups excluding carboxylic acids is 2. The Bertz CT molecular complexity index is 1370. The van der Waals surface area contributed by atoms with Gasteiger partial charge in [-0.05, 0) is 48.6 Å². The number of methoxy groups -OCH3 is 1. The van der Waals surface area contributed by atoms with Gasteiger partial charge in [0.2, 0.25) is 11.7 Å². The maximum Gasteiger partial charge on any atom is 0.306 e. The van der Waals surface area contributed by atoms with E-state index in [1.807, 2.05) is 32.9 Å². The summed E-state index contributed by atoms with van der Waals surface area (Å²) in [5, 5.41) is 9.84. The highest BCUT2D eigenvalue weighted by molar-refractivity contribution is 6.30. The Morgan fingerprint density at radius 1 is 1.05 bits per heavy atom. The molecule has 2 aromatic rings. The van der Waals surface area contributed by atoms with Gasteiger partial charge in [-0.3, -0.25) is 14.4 Å². The average molecular weight is 601 g/mol. The molecular formula is C31H37ClN2O8. The Labute approximate surface area is 250 Å². The lowest BCUT2D eigenvalue weighted by Gasteiger charge is -2.33. The van der Waals surface area contributed by atoms with Gasteiger partial charge in [-0.1, -0.05) is 32.4 Å². The van der Waals surface area contributed by atoms with Crippen molar-refractivity contribution < 1.29 is 38.4 Å². The monoisotopic (exact) mass is 600 g/mol. The normalized spacial score (nSPS) is 21.0. The van der Waals surface area contributed by atoms with Crippen LogP contribution in [0.2, 0.25) is 5.02 Å². The second-order valence-electron chi connectivity index (χ2n) is 12.1. The van der Waals surface area contributed by atoms with Crippen molar-refractivity contribution in [1.82, 2.24) is 4.90 Å². The van der Waals surface area contributed by atoms with Crippen LogP contribution in [0.4, 0.5) is 5.69 Å². The van der Waals surface area contributed by atoms with Crippen LogP contribution in [-0.2, 0) is 19.1 Å². The molecule has 0 aromatic heterocycles. The third-order valence-corrected chi connectivity index (χ3v) is 8.01. The predicted octanol–water partition coefficient (Wildman–Crippen LogP) is 4.70. The number of nitrogens with zero attached hydrogens (tertiary/aromatic N) is 2. The van der Waals surface area contributed by atoms with Gasteiger partial charge < -0.3 is 33.9 Å². The second-order valence-corrected chi connectivity index (χ2v) is 12.5. The van der Waals surface area contributed by atoms with Crippen molar-refractivity contribution in [2.75, 3.05) is 44.9 Å². The highest BCUT2D eigenvalue weighted by Crippen LogP contribution is 2.49. The first kappa shape index (κ1) is 30.0. The summed E-state index contributed by atoms with van der Waals surface area (Å²) in [5.41, 5.74) is 1.66. The molecule has 1 fully saturated rings. The van der Waals surface area contributed by atoms with Crippen molar-refractivity contribution >= 4 is 35.1 Å². The number of ether oxygens (including phenoxy) is 4. The first-order chi connectivity index (χ1) is 20.0. The zero-order chi connectivity index (χ0) is 30.2. The van der Waals surface area contributed by atoms with Gasteiger partial charge in [0, 0.05) is 41.5 Å². The number of hydrogen-bond donors (Lipinski definition) is 1. The summed E-state index contributed by atoms with van der Waals surface area (Å²) in [5.74, 6) is -0.500. The Balaban J connectivity index is 1.56. The molecule has 0 bridgehead atoms. The van der Waals surface area contributed by atoms with Crippen LogP contribution < -0.4 is 19.1 Å². The number of halogens is 1.